The van der Waals surface area contributed by atoms with Gasteiger partial charge in [0.1, 0.15) is 5.82 Å². The van der Waals surface area contributed by atoms with Crippen molar-refractivity contribution in [3.05, 3.63) is 29.6 Å². The Bertz CT molecular complexity index is 606. The van der Waals surface area contributed by atoms with E-state index in [-0.39, 0.29) is 5.41 Å². The molecular formula is C14H18N2O2. The summed E-state index contributed by atoms with van der Waals surface area (Å²) >= 11 is 0. The van der Waals surface area contributed by atoms with Crippen LogP contribution in [0.4, 0.5) is 0 Å². The highest BCUT2D eigenvalue weighted by atomic mass is 16.4. The van der Waals surface area contributed by atoms with Crippen LogP contribution in [0.5, 0.6) is 0 Å². The summed E-state index contributed by atoms with van der Waals surface area (Å²) in [6.07, 6.45) is 0. The summed E-state index contributed by atoms with van der Waals surface area (Å²) in [6, 6.07) is 5.24. The monoisotopic (exact) mass is 246 g/mol. The van der Waals surface area contributed by atoms with Crippen molar-refractivity contribution in [2.45, 2.75) is 39.7 Å². The van der Waals surface area contributed by atoms with Gasteiger partial charge in [-0.25, -0.2) is 9.78 Å². The maximum Gasteiger partial charge on any atom is 0.337 e. The molecule has 0 bridgehead atoms. The molecule has 0 atom stereocenters. The van der Waals surface area contributed by atoms with Crippen molar-refractivity contribution < 1.29 is 9.90 Å². The van der Waals surface area contributed by atoms with Gasteiger partial charge in [-0.05, 0) is 19.1 Å². The number of benzene rings is 1. The maximum absolute atomic E-state index is 11.3. The molecule has 1 aromatic carbocycles. The van der Waals surface area contributed by atoms with E-state index < -0.39 is 5.97 Å². The molecular weight excluding hydrogens is 228 g/mol. The van der Waals surface area contributed by atoms with Gasteiger partial charge in [-0.2, -0.15) is 0 Å². The Morgan fingerprint density at radius 3 is 2.56 bits per heavy atom. The normalized spacial score (nSPS) is 12.0. The minimum absolute atomic E-state index is 0.106. The largest absolute Gasteiger partial charge is 0.478 e. The number of carboxylic acids is 1. The van der Waals surface area contributed by atoms with E-state index in [0.29, 0.717) is 12.1 Å². The van der Waals surface area contributed by atoms with Crippen LogP contribution in [-0.2, 0) is 12.0 Å². The highest BCUT2D eigenvalue weighted by Gasteiger charge is 2.24. The second kappa shape index (κ2) is 4.12. The molecule has 0 amide bonds. The van der Waals surface area contributed by atoms with Gasteiger partial charge in [0, 0.05) is 12.0 Å². The number of para-hydroxylation sites is 1. The molecule has 0 aliphatic heterocycles. The van der Waals surface area contributed by atoms with Crippen LogP contribution < -0.4 is 0 Å². The fraction of sp³-hybridized carbons (Fsp3) is 0.429. The Kier molecular flexibility index (Phi) is 2.89. The zero-order chi connectivity index (χ0) is 13.5. The number of carboxylic acid groups (broad SMARTS) is 1. The van der Waals surface area contributed by atoms with Gasteiger partial charge in [0.2, 0.25) is 0 Å². The van der Waals surface area contributed by atoms with Crippen molar-refractivity contribution in [3.8, 4) is 0 Å². The molecule has 0 radical (unpaired) electrons. The van der Waals surface area contributed by atoms with Crippen LogP contribution in [0.25, 0.3) is 11.0 Å². The van der Waals surface area contributed by atoms with E-state index >= 15 is 0 Å². The number of aryl methyl sites for hydroxylation is 1. The molecule has 0 saturated carbocycles. The molecule has 96 valence electrons. The van der Waals surface area contributed by atoms with Gasteiger partial charge >= 0.3 is 5.97 Å². The maximum atomic E-state index is 11.3. The molecule has 4 nitrogen and oxygen atoms in total. The predicted octanol–water partition coefficient (Wildman–Crippen LogP) is 3.05. The van der Waals surface area contributed by atoms with E-state index in [1.165, 1.54) is 0 Å². The molecule has 1 N–H and O–H groups in total. The summed E-state index contributed by atoms with van der Waals surface area (Å²) in [4.78, 5) is 15.9. The smallest absolute Gasteiger partial charge is 0.337 e. The fourth-order valence-corrected chi connectivity index (χ4v) is 2.24. The number of nitrogens with zero attached hydrogens (tertiary/aromatic N) is 2. The molecule has 0 aliphatic carbocycles. The van der Waals surface area contributed by atoms with Gasteiger partial charge in [-0.1, -0.05) is 26.8 Å². The zero-order valence-corrected chi connectivity index (χ0v) is 11.2. The van der Waals surface area contributed by atoms with Crippen molar-refractivity contribution in [2.75, 3.05) is 0 Å². The molecule has 0 spiro atoms. The van der Waals surface area contributed by atoms with Gasteiger partial charge in [-0.3, -0.25) is 0 Å². The summed E-state index contributed by atoms with van der Waals surface area (Å²) in [6.45, 7) is 8.98. The summed E-state index contributed by atoms with van der Waals surface area (Å²) < 4.78 is 2.00. The van der Waals surface area contributed by atoms with Crippen LogP contribution >= 0.6 is 0 Å². The molecule has 1 aromatic heterocycles. The van der Waals surface area contributed by atoms with Crippen LogP contribution in [0.2, 0.25) is 0 Å². The Morgan fingerprint density at radius 2 is 2.06 bits per heavy atom. The second-order valence-electron chi connectivity index (χ2n) is 5.41. The van der Waals surface area contributed by atoms with E-state index in [0.717, 1.165) is 16.9 Å². The summed E-state index contributed by atoms with van der Waals surface area (Å²) in [5.74, 6) is 0.0179. The number of rotatable bonds is 2. The highest BCUT2D eigenvalue weighted by molar-refractivity contribution is 6.01. The minimum Gasteiger partial charge on any atom is -0.478 e. The number of hydrogen-bond acceptors (Lipinski definition) is 2. The topological polar surface area (TPSA) is 55.1 Å². The van der Waals surface area contributed by atoms with Crippen LogP contribution in [0.15, 0.2) is 18.2 Å². The van der Waals surface area contributed by atoms with Crippen LogP contribution in [0.1, 0.15) is 43.9 Å². The summed E-state index contributed by atoms with van der Waals surface area (Å²) in [5.41, 5.74) is 1.68. The minimum atomic E-state index is -0.907. The SMILES string of the molecule is CCn1c(C(C)(C)C)nc2cccc(C(=O)O)c21. The molecule has 2 rings (SSSR count). The van der Waals surface area contributed by atoms with Gasteiger partial charge in [0.05, 0.1) is 16.6 Å². The van der Waals surface area contributed by atoms with E-state index in [1.807, 2.05) is 17.6 Å². The van der Waals surface area contributed by atoms with Gasteiger partial charge in [-0.15, -0.1) is 0 Å². The lowest BCUT2D eigenvalue weighted by atomic mass is 9.95. The Balaban J connectivity index is 2.87. The third-order valence-electron chi connectivity index (χ3n) is 2.98. The van der Waals surface area contributed by atoms with Crippen LogP contribution in [-0.4, -0.2) is 20.6 Å². The third-order valence-corrected chi connectivity index (χ3v) is 2.98. The highest BCUT2D eigenvalue weighted by Crippen LogP contribution is 2.28. The van der Waals surface area contributed by atoms with Crippen molar-refractivity contribution in [2.24, 2.45) is 0 Å². The van der Waals surface area contributed by atoms with Gasteiger partial charge < -0.3 is 9.67 Å². The number of carbonyl (C=O) groups is 1. The molecule has 0 aliphatic rings. The molecule has 0 saturated heterocycles. The van der Waals surface area contributed by atoms with Gasteiger partial charge in [0.15, 0.2) is 0 Å². The number of imidazole rings is 1. The molecule has 0 unspecified atom stereocenters. The van der Waals surface area contributed by atoms with Crippen molar-refractivity contribution in [1.29, 1.82) is 0 Å². The van der Waals surface area contributed by atoms with E-state index in [4.69, 9.17) is 0 Å². The fourth-order valence-electron chi connectivity index (χ4n) is 2.24. The zero-order valence-electron chi connectivity index (χ0n) is 11.2. The van der Waals surface area contributed by atoms with E-state index in [1.54, 1.807) is 12.1 Å². The van der Waals surface area contributed by atoms with E-state index in [2.05, 4.69) is 25.8 Å². The molecule has 0 fully saturated rings. The number of hydrogen-bond donors (Lipinski definition) is 1. The predicted molar refractivity (Wildman–Crippen MR) is 71.1 cm³/mol. The molecule has 4 heteroatoms. The Hall–Kier alpha value is -1.84. The first kappa shape index (κ1) is 12.6. The first-order chi connectivity index (χ1) is 8.36. The lowest BCUT2D eigenvalue weighted by Crippen LogP contribution is -2.19. The lowest BCUT2D eigenvalue weighted by Gasteiger charge is -2.19. The average Bonchev–Trinajstić information content (AvgIpc) is 2.66. The summed E-state index contributed by atoms with van der Waals surface area (Å²) in [7, 11) is 0. The number of fused-ring (bicyclic) bond motifs is 1. The quantitative estimate of drug-likeness (QED) is 0.886. The second-order valence-corrected chi connectivity index (χ2v) is 5.41. The van der Waals surface area contributed by atoms with Crippen molar-refractivity contribution in [3.63, 3.8) is 0 Å². The third kappa shape index (κ3) is 1.88. The van der Waals surface area contributed by atoms with Crippen LogP contribution in [0.3, 0.4) is 0 Å². The first-order valence-electron chi connectivity index (χ1n) is 6.09. The van der Waals surface area contributed by atoms with Gasteiger partial charge in [0.25, 0.3) is 0 Å². The first-order valence-corrected chi connectivity index (χ1v) is 6.09. The standard InChI is InChI=1S/C14H18N2O2/c1-5-16-11-9(12(17)18)7-6-8-10(11)15-13(16)14(2,3)4/h6-8H,5H2,1-4H3,(H,17,18). The van der Waals surface area contributed by atoms with Crippen molar-refractivity contribution >= 4 is 17.0 Å². The Morgan fingerprint density at radius 1 is 1.39 bits per heavy atom. The lowest BCUT2D eigenvalue weighted by molar-refractivity contribution is 0.0698. The number of aromatic carboxylic acids is 1. The molecule has 1 heterocycles. The molecule has 18 heavy (non-hydrogen) atoms. The van der Waals surface area contributed by atoms with Crippen molar-refractivity contribution in [1.82, 2.24) is 9.55 Å². The van der Waals surface area contributed by atoms with Crippen LogP contribution in [0, 0.1) is 0 Å². The van der Waals surface area contributed by atoms with E-state index in [9.17, 15) is 9.90 Å². The molecule has 2 aromatic rings. The Labute approximate surface area is 106 Å². The average molecular weight is 246 g/mol. The number of aromatic nitrogens is 2. The summed E-state index contributed by atoms with van der Waals surface area (Å²) in [5, 5.41) is 9.27.